The second-order valence-electron chi connectivity index (χ2n) is 4.32. The van der Waals surface area contributed by atoms with E-state index in [1.54, 1.807) is 7.05 Å². The summed E-state index contributed by atoms with van der Waals surface area (Å²) >= 11 is 0. The Morgan fingerprint density at radius 1 is 1.45 bits per heavy atom. The predicted octanol–water partition coefficient (Wildman–Crippen LogP) is 0.774. The second-order valence-corrected chi connectivity index (χ2v) is 6.57. The fraction of sp³-hybridized carbons (Fsp3) is 0.364. The average molecular weight is 302 g/mol. The molecule has 1 aromatic rings. The minimum Gasteiger partial charge on any atom is -0.477 e. The number of anilines is 1. The quantitative estimate of drug-likeness (QED) is 0.609. The van der Waals surface area contributed by atoms with Gasteiger partial charge < -0.3 is 10.0 Å². The molecule has 0 aliphatic heterocycles. The smallest absolute Gasteiger partial charge is 0.342 e. The molecule has 8 nitrogen and oxygen atoms in total. The van der Waals surface area contributed by atoms with Gasteiger partial charge in [-0.05, 0) is 12.1 Å². The minimum absolute atomic E-state index is 0.0944. The average Bonchev–Trinajstić information content (AvgIpc) is 2.34. The van der Waals surface area contributed by atoms with E-state index in [0.717, 1.165) is 18.4 Å². The van der Waals surface area contributed by atoms with Gasteiger partial charge in [0.2, 0.25) is 0 Å². The van der Waals surface area contributed by atoms with Gasteiger partial charge in [-0.15, -0.1) is 0 Å². The highest BCUT2D eigenvalue weighted by atomic mass is 32.2. The zero-order valence-corrected chi connectivity index (χ0v) is 11.8. The summed E-state index contributed by atoms with van der Waals surface area (Å²) in [6.45, 7) is 0.162. The van der Waals surface area contributed by atoms with E-state index in [4.69, 9.17) is 5.11 Å². The van der Waals surface area contributed by atoms with Crippen LogP contribution in [0.5, 0.6) is 0 Å². The Morgan fingerprint density at radius 2 is 2.05 bits per heavy atom. The molecule has 1 N–H and O–H groups in total. The van der Waals surface area contributed by atoms with Crippen molar-refractivity contribution < 1.29 is 23.2 Å². The molecule has 0 saturated heterocycles. The van der Waals surface area contributed by atoms with E-state index in [0.29, 0.717) is 5.69 Å². The lowest BCUT2D eigenvalue weighted by molar-refractivity contribution is -0.385. The normalized spacial score (nSPS) is 11.1. The Balaban J connectivity index is 3.06. The summed E-state index contributed by atoms with van der Waals surface area (Å²) in [6, 6.07) is 3.63. The Kier molecular flexibility index (Phi) is 4.66. The summed E-state index contributed by atoms with van der Waals surface area (Å²) < 4.78 is 22.2. The van der Waals surface area contributed by atoms with Gasteiger partial charge in [-0.25, -0.2) is 13.2 Å². The van der Waals surface area contributed by atoms with Crippen molar-refractivity contribution in [1.29, 1.82) is 0 Å². The van der Waals surface area contributed by atoms with Crippen LogP contribution in [0.3, 0.4) is 0 Å². The molecule has 9 heteroatoms. The molecular weight excluding hydrogens is 288 g/mol. The topological polar surface area (TPSA) is 118 Å². The summed E-state index contributed by atoms with van der Waals surface area (Å²) in [5.41, 5.74) is -0.534. The molecule has 20 heavy (non-hydrogen) atoms. The lowest BCUT2D eigenvalue weighted by Gasteiger charge is -2.19. The van der Waals surface area contributed by atoms with E-state index >= 15 is 0 Å². The van der Waals surface area contributed by atoms with Crippen LogP contribution in [0, 0.1) is 10.1 Å². The number of sulfone groups is 1. The van der Waals surface area contributed by atoms with Gasteiger partial charge in [0.25, 0.3) is 5.69 Å². The van der Waals surface area contributed by atoms with Gasteiger partial charge >= 0.3 is 5.97 Å². The molecule has 0 atom stereocenters. The number of carbonyl (C=O) groups is 1. The number of benzene rings is 1. The lowest BCUT2D eigenvalue weighted by atomic mass is 10.1. The Hall–Kier alpha value is -2.16. The van der Waals surface area contributed by atoms with Gasteiger partial charge in [-0.3, -0.25) is 10.1 Å². The van der Waals surface area contributed by atoms with Crippen LogP contribution in [0.1, 0.15) is 10.4 Å². The van der Waals surface area contributed by atoms with Crippen molar-refractivity contribution in [2.75, 3.05) is 30.5 Å². The van der Waals surface area contributed by atoms with Crippen LogP contribution in [0.4, 0.5) is 11.4 Å². The first-order valence-electron chi connectivity index (χ1n) is 5.52. The number of hydrogen-bond acceptors (Lipinski definition) is 6. The molecule has 0 heterocycles. The van der Waals surface area contributed by atoms with Crippen LogP contribution in [0.25, 0.3) is 0 Å². The maximum absolute atomic E-state index is 11.1. The van der Waals surface area contributed by atoms with Gasteiger partial charge in [-0.2, -0.15) is 0 Å². The van der Waals surface area contributed by atoms with Crippen LogP contribution in [-0.4, -0.2) is 50.0 Å². The number of aromatic carboxylic acids is 1. The maximum Gasteiger partial charge on any atom is 0.342 e. The van der Waals surface area contributed by atoms with Crippen LogP contribution in [-0.2, 0) is 9.84 Å². The van der Waals surface area contributed by atoms with Gasteiger partial charge in [0.15, 0.2) is 0 Å². The Labute approximate surface area is 115 Å². The third-order valence-electron chi connectivity index (χ3n) is 2.65. The number of nitrogens with zero attached hydrogens (tertiary/aromatic N) is 2. The zero-order chi connectivity index (χ0) is 15.5. The largest absolute Gasteiger partial charge is 0.477 e. The van der Waals surface area contributed by atoms with Crippen molar-refractivity contribution in [2.24, 2.45) is 0 Å². The highest BCUT2D eigenvalue weighted by Crippen LogP contribution is 2.24. The van der Waals surface area contributed by atoms with E-state index < -0.39 is 32.0 Å². The first-order chi connectivity index (χ1) is 9.11. The number of nitro benzene ring substituents is 1. The molecule has 0 unspecified atom stereocenters. The van der Waals surface area contributed by atoms with Crippen LogP contribution < -0.4 is 4.90 Å². The summed E-state index contributed by atoms with van der Waals surface area (Å²) in [5.74, 6) is -1.50. The van der Waals surface area contributed by atoms with E-state index in [1.165, 1.54) is 11.0 Å². The van der Waals surface area contributed by atoms with Gasteiger partial charge in [0.05, 0.1) is 10.7 Å². The molecule has 0 bridgehead atoms. The van der Waals surface area contributed by atoms with Crippen molar-refractivity contribution in [3.05, 3.63) is 33.9 Å². The number of hydrogen-bond donors (Lipinski definition) is 1. The number of carboxylic acid groups (broad SMARTS) is 1. The van der Waals surface area contributed by atoms with Gasteiger partial charge in [0.1, 0.15) is 15.4 Å². The fourth-order valence-corrected chi connectivity index (χ4v) is 2.13. The molecule has 0 saturated carbocycles. The summed E-state index contributed by atoms with van der Waals surface area (Å²) in [7, 11) is -1.56. The SMILES string of the molecule is CN(CCS(C)(=O)=O)c1ccc([N+](=O)[O-])c(C(=O)O)c1. The molecule has 1 rings (SSSR count). The Bertz CT molecular complexity index is 640. The molecule has 1 aromatic carbocycles. The van der Waals surface area contributed by atoms with Crippen molar-refractivity contribution in [3.8, 4) is 0 Å². The van der Waals surface area contributed by atoms with Crippen LogP contribution in [0.15, 0.2) is 18.2 Å². The monoisotopic (exact) mass is 302 g/mol. The highest BCUT2D eigenvalue weighted by molar-refractivity contribution is 7.90. The Morgan fingerprint density at radius 3 is 2.50 bits per heavy atom. The van der Waals surface area contributed by atoms with Crippen molar-refractivity contribution >= 4 is 27.2 Å². The van der Waals surface area contributed by atoms with E-state index in [9.17, 15) is 23.3 Å². The van der Waals surface area contributed by atoms with Gasteiger partial charge in [-0.1, -0.05) is 0 Å². The molecule has 0 aliphatic rings. The van der Waals surface area contributed by atoms with E-state index in [1.807, 2.05) is 0 Å². The standard InChI is InChI=1S/C11H14N2O6S/c1-12(5-6-20(2,18)19)8-3-4-10(13(16)17)9(7-8)11(14)15/h3-4,7H,5-6H2,1-2H3,(H,14,15). The predicted molar refractivity (Wildman–Crippen MR) is 73.0 cm³/mol. The molecule has 0 radical (unpaired) electrons. The number of rotatable bonds is 6. The van der Waals surface area contributed by atoms with E-state index in [2.05, 4.69) is 0 Å². The second kappa shape index (κ2) is 5.87. The first kappa shape index (κ1) is 15.9. The summed E-state index contributed by atoms with van der Waals surface area (Å²) in [5, 5.41) is 19.7. The van der Waals surface area contributed by atoms with Gasteiger partial charge in [0, 0.05) is 31.6 Å². The third-order valence-corrected chi connectivity index (χ3v) is 3.57. The molecule has 0 fully saturated rings. The zero-order valence-electron chi connectivity index (χ0n) is 10.9. The summed E-state index contributed by atoms with van der Waals surface area (Å²) in [6.07, 6.45) is 1.10. The fourth-order valence-electron chi connectivity index (χ4n) is 1.52. The van der Waals surface area contributed by atoms with Crippen LogP contribution in [0.2, 0.25) is 0 Å². The minimum atomic E-state index is -3.14. The molecule has 110 valence electrons. The maximum atomic E-state index is 11.1. The first-order valence-corrected chi connectivity index (χ1v) is 7.58. The molecule has 0 spiro atoms. The molecular formula is C11H14N2O6S. The number of nitro groups is 1. The highest BCUT2D eigenvalue weighted by Gasteiger charge is 2.21. The van der Waals surface area contributed by atoms with Crippen molar-refractivity contribution in [1.82, 2.24) is 0 Å². The van der Waals surface area contributed by atoms with Crippen molar-refractivity contribution in [3.63, 3.8) is 0 Å². The lowest BCUT2D eigenvalue weighted by Crippen LogP contribution is -2.25. The molecule has 0 amide bonds. The third kappa shape index (κ3) is 4.19. The molecule has 0 aliphatic carbocycles. The van der Waals surface area contributed by atoms with Crippen LogP contribution >= 0.6 is 0 Å². The summed E-state index contributed by atoms with van der Waals surface area (Å²) in [4.78, 5) is 22.5. The van der Waals surface area contributed by atoms with Crippen molar-refractivity contribution in [2.45, 2.75) is 0 Å². The molecule has 0 aromatic heterocycles. The van der Waals surface area contributed by atoms with E-state index in [-0.39, 0.29) is 12.3 Å². The number of carboxylic acids is 1.